The Morgan fingerprint density at radius 2 is 1.75 bits per heavy atom. The predicted octanol–water partition coefficient (Wildman–Crippen LogP) is 3.59. The van der Waals surface area contributed by atoms with Gasteiger partial charge in [0.15, 0.2) is 23.3 Å². The second kappa shape index (κ2) is 9.38. The zero-order chi connectivity index (χ0) is 19.9. The van der Waals surface area contributed by atoms with Gasteiger partial charge in [0.1, 0.15) is 0 Å². The number of rotatable bonds is 9. The Morgan fingerprint density at radius 1 is 1.00 bits per heavy atom. The lowest BCUT2D eigenvalue weighted by Crippen LogP contribution is -2.27. The minimum absolute atomic E-state index is 0.369. The molecule has 0 saturated carbocycles. The summed E-state index contributed by atoms with van der Waals surface area (Å²) in [7, 11) is 0. The number of benzene rings is 1. The molecule has 148 valence electrons. The van der Waals surface area contributed by atoms with Gasteiger partial charge in [-0.15, -0.1) is 0 Å². The van der Waals surface area contributed by atoms with Crippen LogP contribution in [-0.4, -0.2) is 46.0 Å². The van der Waals surface area contributed by atoms with E-state index in [1.54, 1.807) is 12.4 Å². The molecular formula is C20H26N6O2. The number of ether oxygens (including phenoxy) is 2. The van der Waals surface area contributed by atoms with E-state index in [1.807, 2.05) is 19.9 Å². The molecule has 2 N–H and O–H groups in total. The van der Waals surface area contributed by atoms with Crippen molar-refractivity contribution in [1.29, 1.82) is 0 Å². The average Bonchev–Trinajstić information content (AvgIpc) is 2.68. The molecule has 8 nitrogen and oxygen atoms in total. The Labute approximate surface area is 164 Å². The maximum atomic E-state index is 5.56. The summed E-state index contributed by atoms with van der Waals surface area (Å²) < 4.78 is 11.1. The molecule has 0 radical (unpaired) electrons. The van der Waals surface area contributed by atoms with Gasteiger partial charge in [0.05, 0.1) is 6.54 Å². The van der Waals surface area contributed by atoms with Gasteiger partial charge in [-0.1, -0.05) is 17.7 Å². The number of aryl methyl sites for hydroxylation is 2. The molecule has 0 atom stereocenters. The predicted molar refractivity (Wildman–Crippen MR) is 110 cm³/mol. The summed E-state index contributed by atoms with van der Waals surface area (Å²) in [5, 5.41) is 6.54. The summed E-state index contributed by atoms with van der Waals surface area (Å²) in [6, 6.07) is 6.20. The van der Waals surface area contributed by atoms with Crippen molar-refractivity contribution in [3.63, 3.8) is 0 Å². The van der Waals surface area contributed by atoms with E-state index in [9.17, 15) is 0 Å². The first kappa shape index (κ1) is 19.9. The van der Waals surface area contributed by atoms with Crippen molar-refractivity contribution in [3.05, 3.63) is 41.7 Å². The molecule has 8 heteroatoms. The molecule has 0 amide bonds. The topological polar surface area (TPSA) is 94.1 Å². The summed E-state index contributed by atoms with van der Waals surface area (Å²) >= 11 is 0. The Balaban J connectivity index is 1.88. The third-order valence-corrected chi connectivity index (χ3v) is 4.10. The van der Waals surface area contributed by atoms with Gasteiger partial charge in [-0.2, -0.15) is 9.97 Å². The number of nitrogens with one attached hydrogen (secondary N) is 2. The number of fused-ring (bicyclic) bond motifs is 1. The number of anilines is 3. The lowest BCUT2D eigenvalue weighted by molar-refractivity contribution is -0.126. The fourth-order valence-electron chi connectivity index (χ4n) is 2.82. The zero-order valence-electron chi connectivity index (χ0n) is 16.7. The van der Waals surface area contributed by atoms with Gasteiger partial charge in [0, 0.05) is 31.3 Å². The molecule has 2 heterocycles. The molecule has 28 heavy (non-hydrogen) atoms. The number of hydrogen-bond donors (Lipinski definition) is 2. The molecule has 0 bridgehead atoms. The largest absolute Gasteiger partial charge is 0.351 e. The second-order valence-corrected chi connectivity index (χ2v) is 6.29. The van der Waals surface area contributed by atoms with Gasteiger partial charge >= 0.3 is 0 Å². The van der Waals surface area contributed by atoms with E-state index >= 15 is 0 Å². The van der Waals surface area contributed by atoms with E-state index < -0.39 is 0 Å². The molecule has 2 aromatic heterocycles. The van der Waals surface area contributed by atoms with Crippen LogP contribution in [0.5, 0.6) is 0 Å². The normalized spacial score (nSPS) is 11.2. The van der Waals surface area contributed by atoms with E-state index in [2.05, 4.69) is 56.5 Å². The Kier molecular flexibility index (Phi) is 6.67. The highest BCUT2D eigenvalue weighted by molar-refractivity contribution is 5.86. The quantitative estimate of drug-likeness (QED) is 0.542. The Bertz CT molecular complexity index is 928. The van der Waals surface area contributed by atoms with Gasteiger partial charge in [-0.25, -0.2) is 9.97 Å². The van der Waals surface area contributed by atoms with E-state index in [0.29, 0.717) is 42.7 Å². The second-order valence-electron chi connectivity index (χ2n) is 6.29. The summed E-state index contributed by atoms with van der Waals surface area (Å²) in [4.78, 5) is 17.8. The summed E-state index contributed by atoms with van der Waals surface area (Å²) in [5.74, 6) is 1.03. The molecular weight excluding hydrogens is 356 g/mol. The van der Waals surface area contributed by atoms with Gasteiger partial charge in [0.25, 0.3) is 0 Å². The van der Waals surface area contributed by atoms with Crippen LogP contribution in [0.1, 0.15) is 25.0 Å². The Hall–Kier alpha value is -2.84. The minimum Gasteiger partial charge on any atom is -0.351 e. The van der Waals surface area contributed by atoms with Crippen molar-refractivity contribution in [2.45, 2.75) is 34.0 Å². The van der Waals surface area contributed by atoms with Crippen molar-refractivity contribution < 1.29 is 9.47 Å². The summed E-state index contributed by atoms with van der Waals surface area (Å²) in [6.07, 6.45) is 2.88. The lowest BCUT2D eigenvalue weighted by atomic mass is 10.1. The average molecular weight is 382 g/mol. The van der Waals surface area contributed by atoms with E-state index in [1.165, 1.54) is 5.56 Å². The van der Waals surface area contributed by atoms with Crippen molar-refractivity contribution in [3.8, 4) is 0 Å². The van der Waals surface area contributed by atoms with E-state index in [-0.39, 0.29) is 6.29 Å². The van der Waals surface area contributed by atoms with Crippen LogP contribution in [0.3, 0.4) is 0 Å². The van der Waals surface area contributed by atoms with Crippen LogP contribution in [-0.2, 0) is 9.47 Å². The van der Waals surface area contributed by atoms with Crippen LogP contribution in [0.25, 0.3) is 11.2 Å². The van der Waals surface area contributed by atoms with Crippen molar-refractivity contribution in [2.75, 3.05) is 30.4 Å². The van der Waals surface area contributed by atoms with Gasteiger partial charge in [0.2, 0.25) is 5.95 Å². The molecule has 0 aliphatic rings. The number of hydrogen-bond acceptors (Lipinski definition) is 8. The van der Waals surface area contributed by atoms with Gasteiger partial charge < -0.3 is 20.1 Å². The molecule has 0 unspecified atom stereocenters. The summed E-state index contributed by atoms with van der Waals surface area (Å²) in [5.41, 5.74) is 4.41. The third kappa shape index (κ3) is 4.90. The van der Waals surface area contributed by atoms with Crippen molar-refractivity contribution >= 4 is 28.6 Å². The fourth-order valence-corrected chi connectivity index (χ4v) is 2.82. The molecule has 0 aliphatic heterocycles. The lowest BCUT2D eigenvalue weighted by Gasteiger charge is -2.18. The van der Waals surface area contributed by atoms with Crippen molar-refractivity contribution in [2.24, 2.45) is 0 Å². The van der Waals surface area contributed by atoms with Crippen LogP contribution >= 0.6 is 0 Å². The van der Waals surface area contributed by atoms with Crippen LogP contribution in [0, 0.1) is 13.8 Å². The van der Waals surface area contributed by atoms with Crippen LogP contribution in [0.4, 0.5) is 17.5 Å². The standard InChI is InChI=1S/C20H26N6O2/c1-5-27-16(28-6-2)12-23-20-25-18-17(21-9-10-22-18)19(26-20)24-15-8-7-13(3)11-14(15)4/h7-11,16H,5-6,12H2,1-4H3,(H2,22,23,24,25,26). The SMILES string of the molecule is CCOC(CNc1nc(Nc2ccc(C)cc2C)c2nccnc2n1)OCC. The molecule has 1 aromatic carbocycles. The van der Waals surface area contributed by atoms with Gasteiger partial charge in [-0.05, 0) is 39.3 Å². The molecule has 3 rings (SSSR count). The maximum absolute atomic E-state index is 5.56. The number of nitrogens with zero attached hydrogens (tertiary/aromatic N) is 4. The highest BCUT2D eigenvalue weighted by Gasteiger charge is 2.13. The molecule has 0 fully saturated rings. The molecule has 0 saturated heterocycles. The fraction of sp³-hybridized carbons (Fsp3) is 0.400. The first-order valence-corrected chi connectivity index (χ1v) is 9.40. The first-order valence-electron chi connectivity index (χ1n) is 9.40. The smallest absolute Gasteiger partial charge is 0.227 e. The van der Waals surface area contributed by atoms with Crippen LogP contribution in [0.15, 0.2) is 30.6 Å². The highest BCUT2D eigenvalue weighted by Crippen LogP contribution is 2.25. The van der Waals surface area contributed by atoms with Gasteiger partial charge in [-0.3, -0.25) is 0 Å². The minimum atomic E-state index is -0.369. The monoisotopic (exact) mass is 382 g/mol. The van der Waals surface area contributed by atoms with Crippen molar-refractivity contribution in [1.82, 2.24) is 19.9 Å². The number of aromatic nitrogens is 4. The molecule has 0 aliphatic carbocycles. The maximum Gasteiger partial charge on any atom is 0.227 e. The Morgan fingerprint density at radius 3 is 2.46 bits per heavy atom. The first-order chi connectivity index (χ1) is 13.6. The van der Waals surface area contributed by atoms with Crippen LogP contribution < -0.4 is 10.6 Å². The van der Waals surface area contributed by atoms with Crippen LogP contribution in [0.2, 0.25) is 0 Å². The molecule has 3 aromatic rings. The van der Waals surface area contributed by atoms with E-state index in [0.717, 1.165) is 11.3 Å². The third-order valence-electron chi connectivity index (χ3n) is 4.10. The molecule has 0 spiro atoms. The highest BCUT2D eigenvalue weighted by atomic mass is 16.7. The summed E-state index contributed by atoms with van der Waals surface area (Å²) in [6.45, 7) is 9.54. The van der Waals surface area contributed by atoms with E-state index in [4.69, 9.17) is 9.47 Å². The zero-order valence-corrected chi connectivity index (χ0v) is 16.7.